The molecule has 1 aromatic heterocycles. The Bertz CT molecular complexity index is 5530. The molecule has 0 aliphatic rings. The summed E-state index contributed by atoms with van der Waals surface area (Å²) < 4.78 is 364. The molecule has 11 rings (SSSR count). The first-order valence-electron chi connectivity index (χ1n) is 37.3. The molecule has 0 radical (unpaired) electrons. The Balaban J connectivity index is 1.30. The van der Waals surface area contributed by atoms with Gasteiger partial charge in [0.1, 0.15) is 0 Å². The summed E-state index contributed by atoms with van der Waals surface area (Å²) in [6.07, 6.45) is 0. The summed E-state index contributed by atoms with van der Waals surface area (Å²) in [5.41, 5.74) is -14.6. The predicted molar refractivity (Wildman–Crippen MR) is 255 cm³/mol. The van der Waals surface area contributed by atoms with E-state index in [2.05, 4.69) is 0 Å². The lowest BCUT2D eigenvalue weighted by atomic mass is 9.99. The van der Waals surface area contributed by atoms with E-state index in [0.29, 0.717) is 4.57 Å². The summed E-state index contributed by atoms with van der Waals surface area (Å²) in [4.78, 5) is 0.187. The molecule has 0 unspecified atom stereocenters. The van der Waals surface area contributed by atoms with Gasteiger partial charge in [-0.15, -0.1) is 0 Å². The van der Waals surface area contributed by atoms with Crippen LogP contribution in [0, 0.1) is 0 Å². The van der Waals surface area contributed by atoms with Gasteiger partial charge in [-0.05, 0) is 98.7 Å². The highest BCUT2D eigenvalue weighted by Gasteiger charge is 2.19. The second kappa shape index (κ2) is 15.1. The van der Waals surface area contributed by atoms with Crippen molar-refractivity contribution >= 4 is 49.6 Å². The van der Waals surface area contributed by atoms with Crippen LogP contribution in [0.1, 0.15) is 54.8 Å². The second-order valence-corrected chi connectivity index (χ2v) is 12.3. The predicted octanol–water partition coefficient (Wildman–Crippen LogP) is 16.1. The quantitative estimate of drug-likeness (QED) is 0.149. The van der Waals surface area contributed by atoms with Gasteiger partial charge in [-0.1, -0.05) is 187 Å². The standard InChI is InChI=1S/C58H40N2/c1-3-14-41(15-4-1)42-26-28-43(29-27-42)44-30-35-49(36-31-44)59(55-23-11-9-21-51(55)46-16-5-2-6-17-46)50-37-32-45(33-38-50)48-34-39-58-54(40-48)53-22-10-12-24-57(53)60(58)56-25-13-19-47-18-7-8-20-52(47)56/h1-40H/i1D,2D,3D,4D,5D,6D,7D,8D,9D,10D,11D,12D,13D,14D,15D,16D,17D,18D,19D,20D,21D,22D,23D,24D,25D,26D,27D,28D,29D,30D,31D,32D,33D,34D,35D,36D,37D,38D,39D,40D. The highest BCUT2D eigenvalue weighted by Crippen LogP contribution is 2.43. The Morgan fingerprint density at radius 3 is 1.47 bits per heavy atom. The molecule has 60 heavy (non-hydrogen) atoms. The second-order valence-electron chi connectivity index (χ2n) is 12.3. The van der Waals surface area contributed by atoms with Crippen LogP contribution >= 0.6 is 0 Å². The first-order chi connectivity index (χ1) is 46.4. The molecule has 1 heterocycles. The number of benzene rings is 10. The number of hydrogen-bond acceptors (Lipinski definition) is 1. The van der Waals surface area contributed by atoms with E-state index in [4.69, 9.17) is 32.9 Å². The lowest BCUT2D eigenvalue weighted by Gasteiger charge is -2.28. The number of fused-ring (bicyclic) bond motifs is 4. The molecule has 282 valence electrons. The van der Waals surface area contributed by atoms with Crippen LogP contribution in [0.3, 0.4) is 0 Å². The van der Waals surface area contributed by atoms with Crippen LogP contribution in [0.2, 0.25) is 0 Å². The maximum atomic E-state index is 9.95. The van der Waals surface area contributed by atoms with Crippen molar-refractivity contribution < 1.29 is 54.8 Å². The summed E-state index contributed by atoms with van der Waals surface area (Å²) in [5.74, 6) is 0. The molecule has 0 amide bonds. The molecular formula is C58H40N2. The number of para-hydroxylation sites is 2. The summed E-state index contributed by atoms with van der Waals surface area (Å²) in [6, 6.07) is -45.9. The smallest absolute Gasteiger partial charge is 0.0645 e. The Morgan fingerprint density at radius 2 is 0.783 bits per heavy atom. The van der Waals surface area contributed by atoms with Crippen LogP contribution in [0.15, 0.2) is 242 Å². The molecule has 0 N–H and O–H groups in total. The zero-order valence-electron chi connectivity index (χ0n) is 69.9. The topological polar surface area (TPSA) is 8.17 Å². The van der Waals surface area contributed by atoms with E-state index in [0.717, 1.165) is 0 Å². The Hall–Kier alpha value is -7.94. The zero-order chi connectivity index (χ0) is 74.6. The average molecular weight is 805 g/mol. The van der Waals surface area contributed by atoms with Crippen LogP contribution < -0.4 is 4.90 Å². The lowest BCUT2D eigenvalue weighted by Crippen LogP contribution is -2.11. The van der Waals surface area contributed by atoms with Crippen molar-refractivity contribution in [3.8, 4) is 50.2 Å². The van der Waals surface area contributed by atoms with E-state index in [9.17, 15) is 21.9 Å². The molecule has 0 atom stereocenters. The van der Waals surface area contributed by atoms with Gasteiger partial charge in [-0.2, -0.15) is 0 Å². The van der Waals surface area contributed by atoms with Crippen molar-refractivity contribution in [3.05, 3.63) is 242 Å². The fourth-order valence-corrected chi connectivity index (χ4v) is 6.22. The van der Waals surface area contributed by atoms with Gasteiger partial charge in [-0.25, -0.2) is 0 Å². The number of rotatable bonds is 8. The van der Waals surface area contributed by atoms with Gasteiger partial charge >= 0.3 is 0 Å². The third-order valence-electron chi connectivity index (χ3n) is 8.86. The van der Waals surface area contributed by atoms with E-state index >= 15 is 0 Å². The van der Waals surface area contributed by atoms with E-state index in [1.807, 2.05) is 0 Å². The van der Waals surface area contributed by atoms with Gasteiger partial charge in [-0.3, -0.25) is 0 Å². The minimum absolute atomic E-state index is 0.187. The highest BCUT2D eigenvalue weighted by molar-refractivity contribution is 6.11. The van der Waals surface area contributed by atoms with Crippen molar-refractivity contribution in [1.82, 2.24) is 4.57 Å². The van der Waals surface area contributed by atoms with Crippen LogP contribution in [0.5, 0.6) is 0 Å². The molecule has 11 aromatic rings. The number of anilines is 3. The summed E-state index contributed by atoms with van der Waals surface area (Å²) in [7, 11) is 0. The monoisotopic (exact) mass is 805 g/mol. The van der Waals surface area contributed by atoms with Crippen LogP contribution in [0.25, 0.3) is 82.8 Å². The van der Waals surface area contributed by atoms with Gasteiger partial charge in [0.2, 0.25) is 0 Å². The van der Waals surface area contributed by atoms with Gasteiger partial charge in [0.15, 0.2) is 0 Å². The van der Waals surface area contributed by atoms with E-state index in [1.165, 1.54) is 0 Å². The SMILES string of the molecule is [2H]c1c([2H])c([2H])c(-c2c([2H])c([2H])c(-c3c([2H])c([2H])c(N(c4c([2H])c([2H])c(-c5c([2H])c([2H])c6c(c5[2H])c5c([2H])c([2H])c([2H])c([2H])c5n6-c5c([2H])c([2H])c([2H])c6c([2H])c([2H])c([2H])c([2H])c56)c([2H])c4[2H])c4c([2H])c([2H])c([2H])c([2H])c4-c4c([2H])c([2H])c([2H])c([2H])c4[2H])c([2H])c3[2H])c([2H])c2[2H])c([2H])c1[2H]. The van der Waals surface area contributed by atoms with E-state index in [1.54, 1.807) is 0 Å². The largest absolute Gasteiger partial charge is 0.310 e. The number of aromatic nitrogens is 1. The maximum Gasteiger partial charge on any atom is 0.0645 e. The minimum Gasteiger partial charge on any atom is -0.310 e. The fourth-order valence-electron chi connectivity index (χ4n) is 6.22. The van der Waals surface area contributed by atoms with Crippen LogP contribution in [-0.4, -0.2) is 4.57 Å². The third-order valence-corrected chi connectivity index (χ3v) is 8.86. The summed E-state index contributed by atoms with van der Waals surface area (Å²) in [5, 5.41) is -2.89. The van der Waals surface area contributed by atoms with Gasteiger partial charge in [0.25, 0.3) is 0 Å². The molecule has 0 spiro atoms. The van der Waals surface area contributed by atoms with Gasteiger partial charge in [0, 0.05) is 33.1 Å². The van der Waals surface area contributed by atoms with E-state index < -0.39 is 342 Å². The maximum absolute atomic E-state index is 9.95. The molecule has 0 saturated heterocycles. The summed E-state index contributed by atoms with van der Waals surface area (Å²) >= 11 is 0. The Kier molecular flexibility index (Phi) is 3.28. The lowest BCUT2D eigenvalue weighted by molar-refractivity contribution is 1.20. The molecule has 10 aromatic carbocycles. The van der Waals surface area contributed by atoms with Crippen molar-refractivity contribution in [3.63, 3.8) is 0 Å². The average Bonchev–Trinajstić information content (AvgIpc) is 1.46. The van der Waals surface area contributed by atoms with Gasteiger partial charge < -0.3 is 9.47 Å². The number of nitrogens with zero attached hydrogens (tertiary/aromatic N) is 2. The summed E-state index contributed by atoms with van der Waals surface area (Å²) in [6.45, 7) is 0. The van der Waals surface area contributed by atoms with Crippen molar-refractivity contribution in [2.24, 2.45) is 0 Å². The minimum atomic E-state index is -1.48. The fraction of sp³-hybridized carbons (Fsp3) is 0. The zero-order valence-corrected chi connectivity index (χ0v) is 29.9. The first-order valence-corrected chi connectivity index (χ1v) is 17.3. The Labute approximate surface area is 406 Å². The van der Waals surface area contributed by atoms with Crippen LogP contribution in [0.4, 0.5) is 17.1 Å². The molecular weight excluding hydrogens is 725 g/mol. The van der Waals surface area contributed by atoms with E-state index in [-0.39, 0.29) is 4.90 Å². The third kappa shape index (κ3) is 6.32. The number of hydrogen-bond donors (Lipinski definition) is 0. The normalized spacial score (nSPS) is 20.7. The molecule has 2 heteroatoms. The van der Waals surface area contributed by atoms with Crippen LogP contribution in [-0.2, 0) is 0 Å². The molecule has 0 bridgehead atoms. The van der Waals surface area contributed by atoms with Crippen molar-refractivity contribution in [2.75, 3.05) is 4.90 Å². The molecule has 0 aliphatic carbocycles. The van der Waals surface area contributed by atoms with Crippen molar-refractivity contribution in [2.45, 2.75) is 0 Å². The molecule has 0 fully saturated rings. The van der Waals surface area contributed by atoms with Crippen molar-refractivity contribution in [1.29, 1.82) is 0 Å². The van der Waals surface area contributed by atoms with Gasteiger partial charge in [0.05, 0.1) is 77.2 Å². The molecule has 2 nitrogen and oxygen atoms in total. The highest BCUT2D eigenvalue weighted by atomic mass is 15.1. The first kappa shape index (κ1) is 13.0. The Morgan fingerprint density at radius 1 is 0.317 bits per heavy atom. The molecule has 0 aliphatic heterocycles. The molecule has 0 saturated carbocycles.